The maximum atomic E-state index is 11.6. The van der Waals surface area contributed by atoms with Gasteiger partial charge >= 0.3 is 11.9 Å². The van der Waals surface area contributed by atoms with Crippen molar-refractivity contribution in [2.24, 2.45) is 0 Å². The molecule has 21 heavy (non-hydrogen) atoms. The van der Waals surface area contributed by atoms with Gasteiger partial charge in [-0.1, -0.05) is 12.1 Å². The molecule has 0 aromatic heterocycles. The van der Waals surface area contributed by atoms with E-state index in [-0.39, 0.29) is 12.3 Å². The number of amides is 1. The van der Waals surface area contributed by atoms with Gasteiger partial charge in [0.2, 0.25) is 11.9 Å². The zero-order chi connectivity index (χ0) is 16.0. The van der Waals surface area contributed by atoms with E-state index >= 15 is 0 Å². The molecule has 1 atom stereocenters. The molecule has 0 heterocycles. The summed E-state index contributed by atoms with van der Waals surface area (Å²) in [5.74, 6) is -3.42. The molecule has 0 bridgehead atoms. The average Bonchev–Trinajstić information content (AvgIpc) is 2.42. The van der Waals surface area contributed by atoms with Crippen LogP contribution in [0.4, 0.5) is 5.69 Å². The largest absolute Gasteiger partial charge is 0.479 e. The molecule has 0 aliphatic carbocycles. The molecule has 1 unspecified atom stereocenters. The molecule has 1 aromatic rings. The van der Waals surface area contributed by atoms with Crippen molar-refractivity contribution in [3.63, 3.8) is 0 Å². The lowest BCUT2D eigenvalue weighted by Crippen LogP contribution is -2.46. The van der Waals surface area contributed by atoms with Crippen LogP contribution < -0.4 is 5.32 Å². The first-order chi connectivity index (χ1) is 9.81. The van der Waals surface area contributed by atoms with Gasteiger partial charge in [-0.05, 0) is 5.56 Å². The number of carbonyl (C=O) groups excluding carboxylic acids is 2. The molecular formula is C12H12N2O7. The monoisotopic (exact) mass is 296 g/mol. The molecule has 112 valence electrons. The first kappa shape index (κ1) is 16.1. The number of nitro benzene ring substituents is 1. The topological polar surface area (TPSA) is 136 Å². The summed E-state index contributed by atoms with van der Waals surface area (Å²) in [6.07, 6.45) is 0. The third kappa shape index (κ3) is 4.90. The summed E-state index contributed by atoms with van der Waals surface area (Å²) in [6.45, 7) is 0.716. The number of nitrogens with zero attached hydrogens (tertiary/aromatic N) is 1. The van der Waals surface area contributed by atoms with Crippen LogP contribution in [0.5, 0.6) is 0 Å². The molecule has 9 heteroatoms. The number of benzene rings is 1. The Balaban J connectivity index is 2.70. The van der Waals surface area contributed by atoms with E-state index < -0.39 is 28.8 Å². The minimum absolute atomic E-state index is 0.180. The summed E-state index contributed by atoms with van der Waals surface area (Å²) in [6, 6.07) is 3.53. The number of carbonyl (C=O) groups is 3. The summed E-state index contributed by atoms with van der Waals surface area (Å²) in [4.78, 5) is 43.2. The van der Waals surface area contributed by atoms with Crippen molar-refractivity contribution in [2.45, 2.75) is 19.6 Å². The van der Waals surface area contributed by atoms with Gasteiger partial charge in [0.25, 0.3) is 5.69 Å². The highest BCUT2D eigenvalue weighted by Gasteiger charge is 2.28. The Morgan fingerprint density at radius 3 is 2.62 bits per heavy atom. The lowest BCUT2D eigenvalue weighted by atomic mass is 10.2. The molecule has 1 aromatic carbocycles. The smallest absolute Gasteiger partial charge is 0.340 e. The first-order valence-electron chi connectivity index (χ1n) is 5.71. The van der Waals surface area contributed by atoms with Gasteiger partial charge in [0.05, 0.1) is 4.92 Å². The third-order valence-corrected chi connectivity index (χ3v) is 2.33. The highest BCUT2D eigenvalue weighted by atomic mass is 16.6. The van der Waals surface area contributed by atoms with Crippen LogP contribution >= 0.6 is 0 Å². The highest BCUT2D eigenvalue weighted by Crippen LogP contribution is 2.14. The highest BCUT2D eigenvalue weighted by molar-refractivity contribution is 6.01. The number of nitrogens with one attached hydrogen (secondary N) is 1. The minimum Gasteiger partial charge on any atom is -0.479 e. The summed E-state index contributed by atoms with van der Waals surface area (Å²) < 4.78 is 4.73. The molecule has 0 aliphatic rings. The predicted octanol–water partition coefficient (Wildman–Crippen LogP) is 0.227. The van der Waals surface area contributed by atoms with E-state index in [1.165, 1.54) is 24.3 Å². The van der Waals surface area contributed by atoms with Crippen LogP contribution in [-0.4, -0.2) is 33.9 Å². The van der Waals surface area contributed by atoms with Crippen LogP contribution in [0.15, 0.2) is 24.3 Å². The Labute approximate surface area is 118 Å². The molecule has 0 saturated carbocycles. The van der Waals surface area contributed by atoms with Crippen LogP contribution in [-0.2, 0) is 25.7 Å². The van der Waals surface area contributed by atoms with E-state index in [9.17, 15) is 24.5 Å². The zero-order valence-electron chi connectivity index (χ0n) is 10.9. The predicted molar refractivity (Wildman–Crippen MR) is 68.1 cm³/mol. The van der Waals surface area contributed by atoms with E-state index in [0.717, 1.165) is 6.92 Å². The summed E-state index contributed by atoms with van der Waals surface area (Å²) in [7, 11) is 0. The number of nitro groups is 1. The summed E-state index contributed by atoms with van der Waals surface area (Å²) in [5.41, 5.74) is 0.143. The van der Waals surface area contributed by atoms with Crippen molar-refractivity contribution < 1.29 is 29.2 Å². The molecule has 0 fully saturated rings. The van der Waals surface area contributed by atoms with E-state index in [2.05, 4.69) is 0 Å². The van der Waals surface area contributed by atoms with E-state index in [4.69, 9.17) is 9.84 Å². The van der Waals surface area contributed by atoms with Gasteiger partial charge in [0.15, 0.2) is 0 Å². The van der Waals surface area contributed by atoms with Crippen LogP contribution in [0.2, 0.25) is 0 Å². The molecule has 1 amide bonds. The lowest BCUT2D eigenvalue weighted by molar-refractivity contribution is -0.384. The number of rotatable bonds is 6. The number of hydrogen-bond donors (Lipinski definition) is 2. The van der Waals surface area contributed by atoms with E-state index in [1.54, 1.807) is 0 Å². The van der Waals surface area contributed by atoms with Gasteiger partial charge in [-0.3, -0.25) is 14.9 Å². The Morgan fingerprint density at radius 2 is 2.10 bits per heavy atom. The zero-order valence-corrected chi connectivity index (χ0v) is 10.9. The van der Waals surface area contributed by atoms with Gasteiger partial charge in [-0.25, -0.2) is 9.59 Å². The molecule has 0 saturated heterocycles. The molecular weight excluding hydrogens is 284 g/mol. The second kappa shape index (κ2) is 6.98. The average molecular weight is 296 g/mol. The van der Waals surface area contributed by atoms with Gasteiger partial charge in [-0.2, -0.15) is 0 Å². The second-order valence-corrected chi connectivity index (χ2v) is 4.01. The summed E-state index contributed by atoms with van der Waals surface area (Å²) >= 11 is 0. The number of non-ortho nitro benzene ring substituents is 1. The number of hydrogen-bond acceptors (Lipinski definition) is 6. The third-order valence-electron chi connectivity index (χ3n) is 2.33. The standard InChI is InChI=1S/C12H12N2O7/c1-7(15)13-10(11(16)17)12(18)21-6-8-3-2-4-9(5-8)14(19)20/h2-5,10H,6H2,1H3,(H,13,15)(H,16,17). The molecule has 0 spiro atoms. The number of esters is 1. The Hall–Kier alpha value is -2.97. The van der Waals surface area contributed by atoms with Crippen molar-refractivity contribution in [1.29, 1.82) is 0 Å². The fourth-order valence-electron chi connectivity index (χ4n) is 1.42. The first-order valence-corrected chi connectivity index (χ1v) is 5.71. The Morgan fingerprint density at radius 1 is 1.43 bits per heavy atom. The van der Waals surface area contributed by atoms with Crippen molar-refractivity contribution in [3.8, 4) is 0 Å². The molecule has 0 radical (unpaired) electrons. The van der Waals surface area contributed by atoms with Crippen molar-refractivity contribution in [3.05, 3.63) is 39.9 Å². The van der Waals surface area contributed by atoms with E-state index in [1.807, 2.05) is 5.32 Å². The molecule has 9 nitrogen and oxygen atoms in total. The minimum atomic E-state index is -1.82. The van der Waals surface area contributed by atoms with Crippen LogP contribution in [0.3, 0.4) is 0 Å². The normalized spacial score (nSPS) is 11.3. The van der Waals surface area contributed by atoms with Crippen molar-refractivity contribution in [2.75, 3.05) is 0 Å². The summed E-state index contributed by atoms with van der Waals surface area (Å²) in [5, 5.41) is 21.3. The number of carboxylic acids is 1. The quantitative estimate of drug-likeness (QED) is 0.332. The van der Waals surface area contributed by atoms with Gasteiger partial charge in [-0.15, -0.1) is 0 Å². The second-order valence-electron chi connectivity index (χ2n) is 4.01. The van der Waals surface area contributed by atoms with Crippen LogP contribution in [0.25, 0.3) is 0 Å². The van der Waals surface area contributed by atoms with Gasteiger partial charge in [0.1, 0.15) is 6.61 Å². The molecule has 0 aliphatic heterocycles. The molecule has 1 rings (SSSR count). The lowest BCUT2D eigenvalue weighted by Gasteiger charge is -2.12. The maximum absolute atomic E-state index is 11.6. The number of aliphatic carboxylic acids is 1. The molecule has 2 N–H and O–H groups in total. The van der Waals surface area contributed by atoms with Crippen molar-refractivity contribution in [1.82, 2.24) is 5.32 Å². The number of ether oxygens (including phenoxy) is 1. The number of carboxylic acid groups (broad SMARTS) is 1. The van der Waals surface area contributed by atoms with Crippen LogP contribution in [0.1, 0.15) is 12.5 Å². The maximum Gasteiger partial charge on any atom is 0.340 e. The fourth-order valence-corrected chi connectivity index (χ4v) is 1.42. The van der Waals surface area contributed by atoms with Gasteiger partial charge < -0.3 is 15.2 Å². The van der Waals surface area contributed by atoms with Crippen LogP contribution in [0, 0.1) is 10.1 Å². The van der Waals surface area contributed by atoms with E-state index in [0.29, 0.717) is 5.56 Å². The SMILES string of the molecule is CC(=O)NC(C(=O)O)C(=O)OCc1cccc([N+](=O)[O-])c1. The van der Waals surface area contributed by atoms with Crippen molar-refractivity contribution >= 4 is 23.5 Å². The Kier molecular flexibility index (Phi) is 5.35. The fraction of sp³-hybridized carbons (Fsp3) is 0.250. The van der Waals surface area contributed by atoms with Gasteiger partial charge in [0, 0.05) is 19.1 Å². The Bertz CT molecular complexity index is 585.